The molecule has 5 aliphatic rings. The Morgan fingerprint density at radius 2 is 1.69 bits per heavy atom. The average Bonchev–Trinajstić information content (AvgIpc) is 3.14. The Balaban J connectivity index is 1.55. The monoisotopic (exact) mass is 357 g/mol. The molecule has 4 heteroatoms. The molecular formula is C22H31NO3. The molecule has 9 atom stereocenters. The Bertz CT molecular complexity index is 740. The van der Waals surface area contributed by atoms with Gasteiger partial charge in [-0.1, -0.05) is 13.8 Å². The maximum Gasteiger partial charge on any atom is 0.184 e. The van der Waals surface area contributed by atoms with Crippen LogP contribution in [0.5, 0.6) is 0 Å². The lowest BCUT2D eigenvalue weighted by atomic mass is 9.42. The minimum Gasteiger partial charge on any atom is -0.390 e. The first-order valence-electron chi connectivity index (χ1n) is 10.4. The Labute approximate surface area is 156 Å². The van der Waals surface area contributed by atoms with Crippen molar-refractivity contribution in [2.24, 2.45) is 34.5 Å². The van der Waals surface area contributed by atoms with Crippen molar-refractivity contribution in [1.82, 2.24) is 0 Å². The second-order valence-corrected chi connectivity index (χ2v) is 10.8. The van der Waals surface area contributed by atoms with Crippen molar-refractivity contribution in [1.29, 1.82) is 5.26 Å². The van der Waals surface area contributed by atoms with Crippen molar-refractivity contribution in [3.05, 3.63) is 0 Å². The highest BCUT2D eigenvalue weighted by Crippen LogP contribution is 2.76. The van der Waals surface area contributed by atoms with Gasteiger partial charge < -0.3 is 9.84 Å². The van der Waals surface area contributed by atoms with E-state index in [-0.39, 0.29) is 22.2 Å². The zero-order chi connectivity index (χ0) is 18.8. The van der Waals surface area contributed by atoms with Crippen LogP contribution in [0.4, 0.5) is 0 Å². The topological polar surface area (TPSA) is 73.6 Å². The first-order valence-corrected chi connectivity index (χ1v) is 10.4. The molecule has 1 spiro atoms. The van der Waals surface area contributed by atoms with Gasteiger partial charge >= 0.3 is 0 Å². The molecule has 0 aromatic carbocycles. The summed E-state index contributed by atoms with van der Waals surface area (Å²) in [5.74, 6) is 1.11. The summed E-state index contributed by atoms with van der Waals surface area (Å²) in [5, 5.41) is 20.6. The summed E-state index contributed by atoms with van der Waals surface area (Å²) in [6, 6.07) is 2.28. The number of nitriles is 1. The van der Waals surface area contributed by atoms with Gasteiger partial charge in [-0.2, -0.15) is 5.26 Å². The normalized spacial score (nSPS) is 63.2. The van der Waals surface area contributed by atoms with Gasteiger partial charge in [-0.25, -0.2) is 0 Å². The number of nitrogens with zero attached hydrogens (tertiary/aromatic N) is 1. The largest absolute Gasteiger partial charge is 0.390 e. The summed E-state index contributed by atoms with van der Waals surface area (Å²) >= 11 is 0. The van der Waals surface area contributed by atoms with Gasteiger partial charge in [0.2, 0.25) is 0 Å². The van der Waals surface area contributed by atoms with Crippen LogP contribution in [0, 0.1) is 45.8 Å². The molecule has 1 heterocycles. The van der Waals surface area contributed by atoms with Gasteiger partial charge in [-0.05, 0) is 82.0 Å². The summed E-state index contributed by atoms with van der Waals surface area (Å²) in [5.41, 5.74) is -1.76. The zero-order valence-electron chi connectivity index (χ0n) is 16.5. The molecule has 26 heavy (non-hydrogen) atoms. The van der Waals surface area contributed by atoms with Crippen LogP contribution in [0.15, 0.2) is 0 Å². The van der Waals surface area contributed by atoms with E-state index in [1.807, 2.05) is 13.8 Å². The zero-order valence-corrected chi connectivity index (χ0v) is 16.5. The molecule has 4 saturated carbocycles. The van der Waals surface area contributed by atoms with E-state index in [9.17, 15) is 15.2 Å². The lowest BCUT2D eigenvalue weighted by molar-refractivity contribution is -0.153. The molecule has 1 saturated heterocycles. The fourth-order valence-electron chi connectivity index (χ4n) is 8.47. The first-order chi connectivity index (χ1) is 12.1. The minimum atomic E-state index is -0.743. The summed E-state index contributed by atoms with van der Waals surface area (Å²) in [7, 11) is 0. The third-order valence-corrected chi connectivity index (χ3v) is 10.2. The molecule has 4 unspecified atom stereocenters. The Morgan fingerprint density at radius 3 is 2.38 bits per heavy atom. The van der Waals surface area contributed by atoms with Gasteiger partial charge in [0.05, 0.1) is 11.7 Å². The number of hydrogen-bond donors (Lipinski definition) is 1. The van der Waals surface area contributed by atoms with Crippen LogP contribution in [0.25, 0.3) is 0 Å². The SMILES string of the molecule is CC12OC13CC[C@@H]1[C@@H](CC[C@@]4(C)[C@H]1CCC4(C)O)[C@@]3(C)CC(C#N)C2=O. The summed E-state index contributed by atoms with van der Waals surface area (Å²) < 4.78 is 6.28. The van der Waals surface area contributed by atoms with Crippen LogP contribution in [0.3, 0.4) is 0 Å². The van der Waals surface area contributed by atoms with Crippen molar-refractivity contribution in [3.63, 3.8) is 0 Å². The number of carbonyl (C=O) groups excluding carboxylic acids is 1. The predicted molar refractivity (Wildman–Crippen MR) is 96.0 cm³/mol. The lowest BCUT2D eigenvalue weighted by Gasteiger charge is -2.60. The van der Waals surface area contributed by atoms with Crippen LogP contribution in [-0.2, 0) is 9.53 Å². The summed E-state index contributed by atoms with van der Waals surface area (Å²) in [6.07, 6.45) is 6.80. The maximum absolute atomic E-state index is 12.8. The second-order valence-electron chi connectivity index (χ2n) is 10.8. The number of fused-ring (bicyclic) bond motifs is 4. The van der Waals surface area contributed by atoms with Crippen molar-refractivity contribution in [2.75, 3.05) is 0 Å². The number of hydrogen-bond acceptors (Lipinski definition) is 4. The van der Waals surface area contributed by atoms with Gasteiger partial charge in [0, 0.05) is 5.41 Å². The van der Waals surface area contributed by atoms with Crippen LogP contribution in [0.1, 0.15) is 72.6 Å². The highest BCUT2D eigenvalue weighted by molar-refractivity contribution is 5.96. The van der Waals surface area contributed by atoms with E-state index >= 15 is 0 Å². The fourth-order valence-corrected chi connectivity index (χ4v) is 8.47. The quantitative estimate of drug-likeness (QED) is 0.672. The van der Waals surface area contributed by atoms with E-state index < -0.39 is 17.1 Å². The molecule has 1 N–H and O–H groups in total. The van der Waals surface area contributed by atoms with Crippen LogP contribution in [0.2, 0.25) is 0 Å². The fraction of sp³-hybridized carbons (Fsp3) is 0.909. The lowest BCUT2D eigenvalue weighted by Crippen LogP contribution is -2.62. The van der Waals surface area contributed by atoms with Crippen molar-refractivity contribution >= 4 is 5.78 Å². The maximum atomic E-state index is 12.8. The van der Waals surface area contributed by atoms with E-state index in [0.717, 1.165) is 38.5 Å². The van der Waals surface area contributed by atoms with E-state index in [0.29, 0.717) is 24.2 Å². The number of Topliss-reactive ketones (excluding diaryl/α,β-unsaturated/α-hetero) is 1. The molecule has 0 radical (unpaired) electrons. The molecule has 5 fully saturated rings. The van der Waals surface area contributed by atoms with E-state index in [2.05, 4.69) is 19.9 Å². The molecule has 0 amide bonds. The minimum absolute atomic E-state index is 0.00184. The van der Waals surface area contributed by atoms with Crippen molar-refractivity contribution < 1.29 is 14.6 Å². The number of ether oxygens (including phenoxy) is 1. The number of carbonyl (C=O) groups is 1. The van der Waals surface area contributed by atoms with Crippen LogP contribution >= 0.6 is 0 Å². The number of epoxide rings is 1. The Morgan fingerprint density at radius 1 is 1.04 bits per heavy atom. The van der Waals surface area contributed by atoms with Crippen molar-refractivity contribution in [3.8, 4) is 6.07 Å². The van der Waals surface area contributed by atoms with Crippen molar-refractivity contribution in [2.45, 2.75) is 89.4 Å². The number of rotatable bonds is 0. The standard InChI is InChI=1S/C22H31NO3/c1-18-8-6-16-14(15(18)7-9-20(18,3)25)5-10-22-19(16,2)11-13(12-23)17(24)21(22,4)26-22/h13-16,25H,5-11H2,1-4H3/t13?,14-,15-,16+,18-,19+,20?,21?,22?/m0/s1. The van der Waals surface area contributed by atoms with E-state index in [1.54, 1.807) is 0 Å². The number of ketones is 1. The molecule has 5 rings (SSSR count). The van der Waals surface area contributed by atoms with Gasteiger partial charge in [-0.3, -0.25) is 4.79 Å². The van der Waals surface area contributed by atoms with Crippen LogP contribution in [-0.4, -0.2) is 27.7 Å². The molecule has 0 aromatic heterocycles. The molecule has 4 nitrogen and oxygen atoms in total. The molecule has 1 aliphatic heterocycles. The third kappa shape index (κ3) is 1.55. The Kier molecular flexibility index (Phi) is 3.01. The second kappa shape index (κ2) is 4.55. The first kappa shape index (κ1) is 17.2. The smallest absolute Gasteiger partial charge is 0.184 e. The van der Waals surface area contributed by atoms with E-state index in [4.69, 9.17) is 4.74 Å². The van der Waals surface area contributed by atoms with Gasteiger partial charge in [0.25, 0.3) is 0 Å². The molecule has 0 aromatic rings. The van der Waals surface area contributed by atoms with E-state index in [1.165, 1.54) is 0 Å². The predicted octanol–water partition coefficient (Wildman–Crippen LogP) is 3.62. The molecule has 142 valence electrons. The molecular weight excluding hydrogens is 326 g/mol. The van der Waals surface area contributed by atoms with Gasteiger partial charge in [0.15, 0.2) is 11.4 Å². The highest BCUT2D eigenvalue weighted by atomic mass is 16.6. The van der Waals surface area contributed by atoms with Crippen LogP contribution < -0.4 is 0 Å². The third-order valence-electron chi connectivity index (χ3n) is 10.2. The number of aliphatic hydroxyl groups is 1. The summed E-state index contributed by atoms with van der Waals surface area (Å²) in [4.78, 5) is 12.8. The highest BCUT2D eigenvalue weighted by Gasteiger charge is 2.84. The molecule has 0 bridgehead atoms. The average molecular weight is 357 g/mol. The van der Waals surface area contributed by atoms with Gasteiger partial charge in [-0.15, -0.1) is 0 Å². The van der Waals surface area contributed by atoms with Gasteiger partial charge in [0.1, 0.15) is 11.5 Å². The summed E-state index contributed by atoms with van der Waals surface area (Å²) in [6.45, 7) is 8.57. The Hall–Kier alpha value is -0.920. The molecule has 4 aliphatic carbocycles.